The molecule has 5 aromatic carbocycles. The molecule has 1 aliphatic rings. The molecule has 0 aromatic heterocycles. The Balaban J connectivity index is 1.79. The molecule has 0 spiro atoms. The van der Waals surface area contributed by atoms with Gasteiger partial charge in [-0.25, -0.2) is 0 Å². The molecular formula is C43H43Cl3O3. The van der Waals surface area contributed by atoms with Crippen molar-refractivity contribution in [2.75, 3.05) is 20.8 Å². The molecule has 1 aliphatic carbocycles. The lowest BCUT2D eigenvalue weighted by molar-refractivity contribution is -0.296. The number of rotatable bonds is 11. The van der Waals surface area contributed by atoms with Gasteiger partial charge in [-0.1, -0.05) is 186 Å². The monoisotopic (exact) mass is 712 g/mol. The van der Waals surface area contributed by atoms with E-state index in [9.17, 15) is 0 Å². The second kappa shape index (κ2) is 13.9. The Labute approximate surface area is 306 Å². The van der Waals surface area contributed by atoms with Crippen LogP contribution in [0.2, 0.25) is 0 Å². The molecule has 0 bridgehead atoms. The molecule has 1 fully saturated rings. The van der Waals surface area contributed by atoms with E-state index in [-0.39, 0.29) is 6.61 Å². The Morgan fingerprint density at radius 3 is 1.41 bits per heavy atom. The maximum Gasteiger partial charge on any atom is 0.189 e. The van der Waals surface area contributed by atoms with Crippen molar-refractivity contribution >= 4 is 34.8 Å². The van der Waals surface area contributed by atoms with Crippen molar-refractivity contribution in [2.24, 2.45) is 0 Å². The summed E-state index contributed by atoms with van der Waals surface area (Å²) in [6.45, 7) is 4.41. The van der Waals surface area contributed by atoms with E-state index in [0.717, 1.165) is 22.3 Å². The fourth-order valence-electron chi connectivity index (χ4n) is 8.56. The SMILES string of the molecule is COC1(C)C(C)(c2ccccc2)C(Cl)(Cl)C(OCCc2ccccc2)(c2ccccc2)C(Cl)(OC)C1(Cc1ccccc1)c1ccccc1. The summed E-state index contributed by atoms with van der Waals surface area (Å²) in [5, 5.41) is -1.78. The normalized spacial score (nSPS) is 29.4. The van der Waals surface area contributed by atoms with E-state index < -0.39 is 31.4 Å². The molecule has 6 heteroatoms. The first-order valence-electron chi connectivity index (χ1n) is 16.6. The molecule has 5 atom stereocenters. The molecule has 0 saturated heterocycles. The zero-order valence-corrected chi connectivity index (χ0v) is 30.7. The van der Waals surface area contributed by atoms with Gasteiger partial charge in [-0.3, -0.25) is 0 Å². The first-order valence-corrected chi connectivity index (χ1v) is 17.8. The standard InChI is InChI=1S/C43H43Cl3O3/c1-38(35-24-14-7-15-25-35)39(2,47-3)40(36-26-16-8-17-27-36,32-34-22-12-6-13-23-34)43(46,48-4)41(42(38,44)45,37-28-18-9-19-29-37)49-31-30-33-20-10-5-11-21-33/h5-29H,30-32H2,1-4H3. The van der Waals surface area contributed by atoms with Crippen LogP contribution in [-0.4, -0.2) is 35.8 Å². The summed E-state index contributed by atoms with van der Waals surface area (Å²) < 4.78 is 19.4. The van der Waals surface area contributed by atoms with Crippen LogP contribution < -0.4 is 0 Å². The van der Waals surface area contributed by atoms with Crippen LogP contribution in [-0.2, 0) is 43.5 Å². The van der Waals surface area contributed by atoms with Crippen LogP contribution in [0, 0.1) is 0 Å². The first-order chi connectivity index (χ1) is 23.6. The van der Waals surface area contributed by atoms with Crippen molar-refractivity contribution in [1.82, 2.24) is 0 Å². The molecule has 5 unspecified atom stereocenters. The van der Waals surface area contributed by atoms with E-state index in [4.69, 9.17) is 49.0 Å². The summed E-state index contributed by atoms with van der Waals surface area (Å²) in [7, 11) is 3.34. The second-order valence-electron chi connectivity index (χ2n) is 13.2. The van der Waals surface area contributed by atoms with Gasteiger partial charge in [-0.2, -0.15) is 0 Å². The minimum atomic E-state index is -1.81. The quantitative estimate of drug-likeness (QED) is 0.128. The summed E-state index contributed by atoms with van der Waals surface area (Å²) in [6.07, 6.45) is 0.999. The molecule has 0 heterocycles. The molecule has 49 heavy (non-hydrogen) atoms. The van der Waals surface area contributed by atoms with Gasteiger partial charge in [-0.15, -0.1) is 0 Å². The third-order valence-corrected chi connectivity index (χ3v) is 13.2. The van der Waals surface area contributed by atoms with Crippen molar-refractivity contribution in [3.8, 4) is 0 Å². The number of hydrogen-bond acceptors (Lipinski definition) is 3. The maximum absolute atomic E-state index is 8.47. The van der Waals surface area contributed by atoms with Gasteiger partial charge in [0.1, 0.15) is 0 Å². The molecule has 0 N–H and O–H groups in total. The number of alkyl halides is 3. The van der Waals surface area contributed by atoms with E-state index in [1.54, 1.807) is 14.2 Å². The predicted molar refractivity (Wildman–Crippen MR) is 202 cm³/mol. The zero-order valence-electron chi connectivity index (χ0n) is 28.4. The smallest absolute Gasteiger partial charge is 0.189 e. The Hall–Kier alpha value is -3.15. The molecule has 3 nitrogen and oxygen atoms in total. The van der Waals surface area contributed by atoms with Crippen molar-refractivity contribution in [3.05, 3.63) is 179 Å². The summed E-state index contributed by atoms with van der Waals surface area (Å²) in [6, 6.07) is 50.7. The Bertz CT molecular complexity index is 1810. The molecule has 1 saturated carbocycles. The lowest BCUT2D eigenvalue weighted by Gasteiger charge is -2.74. The first kappa shape index (κ1) is 35.7. The number of methoxy groups -OCH3 is 2. The Morgan fingerprint density at radius 1 is 0.510 bits per heavy atom. The molecule has 5 aromatic rings. The fraction of sp³-hybridized carbons (Fsp3) is 0.302. The highest BCUT2D eigenvalue weighted by Crippen LogP contribution is 2.77. The third-order valence-electron chi connectivity index (χ3n) is 11.2. The van der Waals surface area contributed by atoms with Crippen LogP contribution in [0.5, 0.6) is 0 Å². The average Bonchev–Trinajstić information content (AvgIpc) is 3.16. The molecule has 0 aliphatic heterocycles. The second-order valence-corrected chi connectivity index (χ2v) is 15.0. The zero-order chi connectivity index (χ0) is 34.8. The van der Waals surface area contributed by atoms with Crippen molar-refractivity contribution in [1.29, 1.82) is 0 Å². The number of hydrogen-bond donors (Lipinski definition) is 0. The van der Waals surface area contributed by atoms with Gasteiger partial charge >= 0.3 is 0 Å². The van der Waals surface area contributed by atoms with E-state index in [2.05, 4.69) is 62.4 Å². The molecule has 254 valence electrons. The van der Waals surface area contributed by atoms with Crippen molar-refractivity contribution < 1.29 is 14.2 Å². The number of halogens is 3. The lowest BCUT2D eigenvalue weighted by atomic mass is 9.41. The highest BCUT2D eigenvalue weighted by Gasteiger charge is 2.88. The fourth-order valence-corrected chi connectivity index (χ4v) is 10.5. The van der Waals surface area contributed by atoms with Gasteiger partial charge in [0.25, 0.3) is 0 Å². The summed E-state index contributed by atoms with van der Waals surface area (Å²) >= 11 is 24.9. The van der Waals surface area contributed by atoms with Gasteiger partial charge in [0.2, 0.25) is 0 Å². The minimum Gasteiger partial charge on any atom is -0.376 e. The maximum atomic E-state index is 8.47. The van der Waals surface area contributed by atoms with Crippen LogP contribution in [0.15, 0.2) is 152 Å². The minimum absolute atomic E-state index is 0.253. The van der Waals surface area contributed by atoms with Gasteiger partial charge in [0, 0.05) is 14.2 Å². The van der Waals surface area contributed by atoms with Gasteiger partial charge in [-0.05, 0) is 54.5 Å². The van der Waals surface area contributed by atoms with Gasteiger partial charge in [0.05, 0.1) is 23.0 Å². The van der Waals surface area contributed by atoms with Crippen LogP contribution in [0.3, 0.4) is 0 Å². The van der Waals surface area contributed by atoms with Crippen LogP contribution >= 0.6 is 34.8 Å². The predicted octanol–water partition coefficient (Wildman–Crippen LogP) is 10.5. The van der Waals surface area contributed by atoms with E-state index in [1.165, 1.54) is 0 Å². The highest BCUT2D eigenvalue weighted by molar-refractivity contribution is 6.51. The summed E-state index contributed by atoms with van der Waals surface area (Å²) in [5.74, 6) is 0. The Kier molecular flexibility index (Phi) is 10.1. The van der Waals surface area contributed by atoms with Gasteiger partial charge < -0.3 is 14.2 Å². The summed E-state index contributed by atoms with van der Waals surface area (Å²) in [4.78, 5) is 0. The van der Waals surface area contributed by atoms with Crippen molar-refractivity contribution in [2.45, 2.75) is 58.1 Å². The number of ether oxygens (including phenoxy) is 3. The third kappa shape index (κ3) is 5.12. The number of benzene rings is 5. The van der Waals surface area contributed by atoms with Gasteiger partial charge in [0.15, 0.2) is 15.0 Å². The topological polar surface area (TPSA) is 27.7 Å². The van der Waals surface area contributed by atoms with Crippen molar-refractivity contribution in [3.63, 3.8) is 0 Å². The van der Waals surface area contributed by atoms with Crippen LogP contribution in [0.1, 0.15) is 41.7 Å². The van der Waals surface area contributed by atoms with E-state index in [0.29, 0.717) is 18.4 Å². The molecule has 0 amide bonds. The Morgan fingerprint density at radius 2 is 0.939 bits per heavy atom. The molecular weight excluding hydrogens is 671 g/mol. The summed E-state index contributed by atoms with van der Waals surface area (Å²) in [5.41, 5.74) is -0.702. The molecule has 0 radical (unpaired) electrons. The molecule has 6 rings (SSSR count). The average molecular weight is 714 g/mol. The lowest BCUT2D eigenvalue weighted by Crippen LogP contribution is -2.88. The largest absolute Gasteiger partial charge is 0.376 e. The van der Waals surface area contributed by atoms with E-state index >= 15 is 0 Å². The highest BCUT2D eigenvalue weighted by atomic mass is 35.5. The van der Waals surface area contributed by atoms with Crippen LogP contribution in [0.25, 0.3) is 0 Å². The van der Waals surface area contributed by atoms with E-state index in [1.807, 2.05) is 103 Å². The van der Waals surface area contributed by atoms with Crippen LogP contribution in [0.4, 0.5) is 0 Å².